The molecule has 0 fully saturated rings. The van der Waals surface area contributed by atoms with Crippen LogP contribution in [-0.4, -0.2) is 27.8 Å². The molecule has 0 aliphatic rings. The molecule has 2 aromatic rings. The van der Waals surface area contributed by atoms with Crippen LogP contribution in [0.3, 0.4) is 0 Å². The van der Waals surface area contributed by atoms with E-state index in [1.54, 1.807) is 4.68 Å². The average molecular weight is 308 g/mol. The van der Waals surface area contributed by atoms with E-state index in [9.17, 15) is 4.79 Å². The number of hydrogen-bond donors (Lipinski definition) is 0. The topological polar surface area (TPSA) is 57.0 Å². The molecular formula is C15H18ClN3O2. The first kappa shape index (κ1) is 15.5. The third kappa shape index (κ3) is 2.65. The van der Waals surface area contributed by atoms with E-state index in [1.807, 2.05) is 33.8 Å². The summed E-state index contributed by atoms with van der Waals surface area (Å²) in [5.41, 5.74) is 4.46. The van der Waals surface area contributed by atoms with Gasteiger partial charge in [-0.3, -0.25) is 9.67 Å². The van der Waals surface area contributed by atoms with E-state index < -0.39 is 5.97 Å². The molecule has 0 aromatic carbocycles. The van der Waals surface area contributed by atoms with Crippen LogP contribution in [-0.2, 0) is 11.3 Å². The van der Waals surface area contributed by atoms with Crippen molar-refractivity contribution in [2.75, 3.05) is 7.11 Å². The summed E-state index contributed by atoms with van der Waals surface area (Å²) in [6, 6.07) is 2.04. The Balaban J connectivity index is 2.68. The van der Waals surface area contributed by atoms with Gasteiger partial charge >= 0.3 is 5.97 Å². The molecule has 112 valence electrons. The van der Waals surface area contributed by atoms with Gasteiger partial charge in [-0.05, 0) is 38.8 Å². The number of pyridine rings is 1. The molecule has 2 heterocycles. The Labute approximate surface area is 128 Å². The minimum absolute atomic E-state index is 0.260. The highest BCUT2D eigenvalue weighted by Gasteiger charge is 2.25. The van der Waals surface area contributed by atoms with Gasteiger partial charge < -0.3 is 4.74 Å². The molecule has 0 aliphatic heterocycles. The molecule has 0 atom stereocenters. The molecular weight excluding hydrogens is 290 g/mol. The fourth-order valence-corrected chi connectivity index (χ4v) is 2.50. The van der Waals surface area contributed by atoms with Crippen molar-refractivity contribution < 1.29 is 9.53 Å². The first-order valence-corrected chi connectivity index (χ1v) is 7.08. The second-order valence-electron chi connectivity index (χ2n) is 4.87. The predicted octanol–water partition coefficient (Wildman–Crippen LogP) is 3.33. The van der Waals surface area contributed by atoms with Crippen molar-refractivity contribution in [3.05, 3.63) is 33.6 Å². The standard InChI is InChI=1S/C15H18ClN3O2/c1-6-19-14(15(20)21-5)11(16)13(18-19)12-9(3)7-8(2)10(4)17-12/h7H,6H2,1-5H3. The van der Waals surface area contributed by atoms with Crippen molar-refractivity contribution in [2.45, 2.75) is 34.2 Å². The zero-order valence-electron chi connectivity index (χ0n) is 12.8. The van der Waals surface area contributed by atoms with Crippen molar-refractivity contribution in [1.82, 2.24) is 14.8 Å². The van der Waals surface area contributed by atoms with Crippen LogP contribution < -0.4 is 0 Å². The van der Waals surface area contributed by atoms with E-state index in [0.717, 1.165) is 16.8 Å². The number of methoxy groups -OCH3 is 1. The van der Waals surface area contributed by atoms with E-state index in [2.05, 4.69) is 10.1 Å². The van der Waals surface area contributed by atoms with Crippen LogP contribution in [0.25, 0.3) is 11.4 Å². The van der Waals surface area contributed by atoms with Gasteiger partial charge in [0.05, 0.1) is 12.8 Å². The Hall–Kier alpha value is -1.88. The van der Waals surface area contributed by atoms with Gasteiger partial charge in [0.1, 0.15) is 10.7 Å². The molecule has 0 saturated carbocycles. The minimum atomic E-state index is -0.498. The fourth-order valence-electron chi connectivity index (χ4n) is 2.19. The normalized spacial score (nSPS) is 10.8. The molecule has 0 N–H and O–H groups in total. The lowest BCUT2D eigenvalue weighted by Crippen LogP contribution is -2.11. The first-order chi connectivity index (χ1) is 9.90. The maximum absolute atomic E-state index is 11.9. The lowest BCUT2D eigenvalue weighted by Gasteiger charge is -2.06. The van der Waals surface area contributed by atoms with Crippen molar-refractivity contribution >= 4 is 17.6 Å². The Morgan fingerprint density at radius 1 is 1.29 bits per heavy atom. The Morgan fingerprint density at radius 3 is 2.52 bits per heavy atom. The molecule has 2 rings (SSSR count). The quantitative estimate of drug-likeness (QED) is 0.816. The number of nitrogens with zero attached hydrogens (tertiary/aromatic N) is 3. The minimum Gasteiger partial charge on any atom is -0.464 e. The Kier molecular flexibility index (Phi) is 4.32. The van der Waals surface area contributed by atoms with Gasteiger partial charge in [0.2, 0.25) is 0 Å². The summed E-state index contributed by atoms with van der Waals surface area (Å²) in [6.07, 6.45) is 0. The number of carbonyl (C=O) groups excluding carboxylic acids is 1. The van der Waals surface area contributed by atoms with E-state index in [-0.39, 0.29) is 10.7 Å². The maximum Gasteiger partial charge on any atom is 0.357 e. The van der Waals surface area contributed by atoms with Gasteiger partial charge in [-0.2, -0.15) is 5.10 Å². The first-order valence-electron chi connectivity index (χ1n) is 6.70. The van der Waals surface area contributed by atoms with Gasteiger partial charge in [0.25, 0.3) is 0 Å². The van der Waals surface area contributed by atoms with Gasteiger partial charge in [0, 0.05) is 12.2 Å². The third-order valence-corrected chi connectivity index (χ3v) is 3.81. The SMILES string of the molecule is CCn1nc(-c2nc(C)c(C)cc2C)c(Cl)c1C(=O)OC. The van der Waals surface area contributed by atoms with Crippen LogP contribution in [0.5, 0.6) is 0 Å². The van der Waals surface area contributed by atoms with Crippen LogP contribution >= 0.6 is 11.6 Å². The van der Waals surface area contributed by atoms with Crippen molar-refractivity contribution in [3.8, 4) is 11.4 Å². The zero-order chi connectivity index (χ0) is 15.7. The number of aromatic nitrogens is 3. The van der Waals surface area contributed by atoms with Crippen LogP contribution in [0.15, 0.2) is 6.07 Å². The summed E-state index contributed by atoms with van der Waals surface area (Å²) in [5.74, 6) is -0.498. The largest absolute Gasteiger partial charge is 0.464 e. The molecule has 0 aliphatic carbocycles. The number of rotatable bonds is 3. The molecule has 0 bridgehead atoms. The summed E-state index contributed by atoms with van der Waals surface area (Å²) in [6.45, 7) is 8.30. The molecule has 2 aromatic heterocycles. The Bertz CT molecular complexity index is 707. The van der Waals surface area contributed by atoms with Crippen molar-refractivity contribution in [1.29, 1.82) is 0 Å². The van der Waals surface area contributed by atoms with Crippen LogP contribution in [0.1, 0.15) is 34.2 Å². The summed E-state index contributed by atoms with van der Waals surface area (Å²) < 4.78 is 6.32. The van der Waals surface area contributed by atoms with Gasteiger partial charge in [-0.1, -0.05) is 17.7 Å². The highest BCUT2D eigenvalue weighted by molar-refractivity contribution is 6.35. The van der Waals surface area contributed by atoms with Crippen LogP contribution in [0, 0.1) is 20.8 Å². The number of esters is 1. The highest BCUT2D eigenvalue weighted by atomic mass is 35.5. The lowest BCUT2D eigenvalue weighted by atomic mass is 10.1. The lowest BCUT2D eigenvalue weighted by molar-refractivity contribution is 0.0587. The van der Waals surface area contributed by atoms with Crippen molar-refractivity contribution in [2.24, 2.45) is 0 Å². The zero-order valence-corrected chi connectivity index (χ0v) is 13.6. The monoisotopic (exact) mass is 307 g/mol. The highest BCUT2D eigenvalue weighted by Crippen LogP contribution is 2.32. The number of hydrogen-bond acceptors (Lipinski definition) is 4. The number of aryl methyl sites for hydroxylation is 4. The van der Waals surface area contributed by atoms with Crippen LogP contribution in [0.4, 0.5) is 0 Å². The molecule has 0 amide bonds. The van der Waals surface area contributed by atoms with Gasteiger partial charge in [0.15, 0.2) is 5.69 Å². The maximum atomic E-state index is 11.9. The second-order valence-corrected chi connectivity index (χ2v) is 5.25. The molecule has 0 radical (unpaired) electrons. The molecule has 0 spiro atoms. The molecule has 5 nitrogen and oxygen atoms in total. The smallest absolute Gasteiger partial charge is 0.357 e. The molecule has 21 heavy (non-hydrogen) atoms. The van der Waals surface area contributed by atoms with Gasteiger partial charge in [-0.15, -0.1) is 0 Å². The van der Waals surface area contributed by atoms with E-state index in [4.69, 9.17) is 16.3 Å². The molecule has 0 unspecified atom stereocenters. The summed E-state index contributed by atoms with van der Waals surface area (Å²) in [4.78, 5) is 16.4. The van der Waals surface area contributed by atoms with Crippen molar-refractivity contribution in [3.63, 3.8) is 0 Å². The summed E-state index contributed by atoms with van der Waals surface area (Å²) in [5, 5.41) is 4.70. The van der Waals surface area contributed by atoms with E-state index in [1.165, 1.54) is 7.11 Å². The third-order valence-electron chi connectivity index (χ3n) is 3.45. The van der Waals surface area contributed by atoms with E-state index in [0.29, 0.717) is 17.9 Å². The predicted molar refractivity (Wildman–Crippen MR) is 81.7 cm³/mol. The Morgan fingerprint density at radius 2 is 1.95 bits per heavy atom. The molecule has 0 saturated heterocycles. The number of carbonyl (C=O) groups is 1. The molecule has 6 heteroatoms. The fraction of sp³-hybridized carbons (Fsp3) is 0.400. The summed E-state index contributed by atoms with van der Waals surface area (Å²) >= 11 is 6.36. The van der Waals surface area contributed by atoms with Gasteiger partial charge in [-0.25, -0.2) is 4.79 Å². The number of halogens is 1. The average Bonchev–Trinajstić information content (AvgIpc) is 2.79. The van der Waals surface area contributed by atoms with E-state index >= 15 is 0 Å². The van der Waals surface area contributed by atoms with Crippen LogP contribution in [0.2, 0.25) is 5.02 Å². The summed E-state index contributed by atoms with van der Waals surface area (Å²) in [7, 11) is 1.32. The second kappa shape index (κ2) is 5.85. The number of ether oxygens (including phenoxy) is 1.